The second-order valence-corrected chi connectivity index (χ2v) is 6.13. The molecular weight excluding hydrogens is 348 g/mol. The predicted molar refractivity (Wildman–Crippen MR) is 84.7 cm³/mol. The minimum Gasteiger partial charge on any atom is -0.467 e. The van der Waals surface area contributed by atoms with Crippen LogP contribution in [-0.2, 0) is 10.2 Å². The van der Waals surface area contributed by atoms with Gasteiger partial charge in [0.1, 0.15) is 0 Å². The number of anilines is 1. The van der Waals surface area contributed by atoms with Crippen molar-refractivity contribution in [2.45, 2.75) is 24.7 Å². The summed E-state index contributed by atoms with van der Waals surface area (Å²) in [6.07, 6.45) is 7.40. The lowest BCUT2D eigenvalue weighted by Gasteiger charge is -2.39. The van der Waals surface area contributed by atoms with E-state index >= 15 is 0 Å². The van der Waals surface area contributed by atoms with Gasteiger partial charge in [-0.05, 0) is 40.9 Å². The number of carbonyl (C=O) groups excluding carboxylic acids is 1. The van der Waals surface area contributed by atoms with Gasteiger partial charge in [0.15, 0.2) is 0 Å². The molecule has 1 aliphatic carbocycles. The van der Waals surface area contributed by atoms with Crippen LogP contribution >= 0.6 is 15.9 Å². The lowest BCUT2D eigenvalue weighted by atomic mass is 9.65. The molecule has 1 amide bonds. The van der Waals surface area contributed by atoms with E-state index in [1.54, 1.807) is 6.20 Å². The van der Waals surface area contributed by atoms with E-state index in [2.05, 4.69) is 36.2 Å². The van der Waals surface area contributed by atoms with Crippen molar-refractivity contribution in [3.05, 3.63) is 40.9 Å². The fraction of sp³-hybridized carbons (Fsp3) is 0.333. The number of nitrogens with zero attached hydrogens (tertiary/aromatic N) is 3. The van der Waals surface area contributed by atoms with E-state index in [-0.39, 0.29) is 11.9 Å². The van der Waals surface area contributed by atoms with Gasteiger partial charge >= 0.3 is 6.01 Å². The second-order valence-electron chi connectivity index (χ2n) is 5.21. The third kappa shape index (κ3) is 2.68. The first-order chi connectivity index (χ1) is 10.6. The molecule has 7 heteroatoms. The first-order valence-electron chi connectivity index (χ1n) is 6.93. The monoisotopic (exact) mass is 362 g/mol. The largest absolute Gasteiger partial charge is 0.467 e. The number of carbonyl (C=O) groups is 1. The Bertz CT molecular complexity index is 669. The standard InChI is InChI=1S/C15H15BrN4O2/c1-22-14-18-8-11(9-19-14)20-13(21)15(5-2-6-15)12-4-3-10(16)7-17-12/h3-4,7-9H,2,5-6H2,1H3,(H,20,21). The number of hydrogen-bond donors (Lipinski definition) is 1. The molecule has 0 unspecified atom stereocenters. The Hall–Kier alpha value is -2.02. The molecule has 22 heavy (non-hydrogen) atoms. The van der Waals surface area contributed by atoms with Gasteiger partial charge in [0.25, 0.3) is 0 Å². The Balaban J connectivity index is 1.80. The molecular formula is C15H15BrN4O2. The van der Waals surface area contributed by atoms with Gasteiger partial charge in [-0.1, -0.05) is 6.42 Å². The van der Waals surface area contributed by atoms with Crippen LogP contribution in [0.5, 0.6) is 6.01 Å². The van der Waals surface area contributed by atoms with Crippen molar-refractivity contribution in [3.63, 3.8) is 0 Å². The average Bonchev–Trinajstić information content (AvgIpc) is 2.49. The van der Waals surface area contributed by atoms with Crippen molar-refractivity contribution in [2.75, 3.05) is 12.4 Å². The predicted octanol–water partition coefficient (Wildman–Crippen LogP) is 2.70. The third-order valence-electron chi connectivity index (χ3n) is 3.93. The van der Waals surface area contributed by atoms with Gasteiger partial charge in [0.05, 0.1) is 36.3 Å². The van der Waals surface area contributed by atoms with Crippen LogP contribution in [0, 0.1) is 0 Å². The molecule has 0 saturated heterocycles. The molecule has 1 saturated carbocycles. The first-order valence-corrected chi connectivity index (χ1v) is 7.73. The van der Waals surface area contributed by atoms with Crippen molar-refractivity contribution in [1.29, 1.82) is 0 Å². The molecule has 0 aromatic carbocycles. The zero-order chi connectivity index (χ0) is 15.6. The summed E-state index contributed by atoms with van der Waals surface area (Å²) < 4.78 is 5.80. The Labute approximate surface area is 136 Å². The molecule has 6 nitrogen and oxygen atoms in total. The fourth-order valence-electron chi connectivity index (χ4n) is 2.53. The molecule has 0 aliphatic heterocycles. The zero-order valence-electron chi connectivity index (χ0n) is 12.0. The molecule has 1 aliphatic rings. The van der Waals surface area contributed by atoms with E-state index < -0.39 is 5.41 Å². The Kier molecular flexibility index (Phi) is 4.06. The second kappa shape index (κ2) is 6.00. The van der Waals surface area contributed by atoms with Crippen molar-refractivity contribution >= 4 is 27.5 Å². The number of aromatic nitrogens is 3. The number of rotatable bonds is 4. The van der Waals surface area contributed by atoms with Crippen LogP contribution in [0.25, 0.3) is 0 Å². The van der Waals surface area contributed by atoms with Gasteiger partial charge in [0.2, 0.25) is 5.91 Å². The molecule has 2 aromatic rings. The maximum atomic E-state index is 12.7. The molecule has 3 rings (SSSR count). The van der Waals surface area contributed by atoms with Crippen molar-refractivity contribution in [1.82, 2.24) is 15.0 Å². The van der Waals surface area contributed by atoms with Crippen LogP contribution < -0.4 is 10.1 Å². The summed E-state index contributed by atoms with van der Waals surface area (Å²) in [6.45, 7) is 0. The van der Waals surface area contributed by atoms with Gasteiger partial charge in [-0.15, -0.1) is 0 Å². The van der Waals surface area contributed by atoms with Crippen LogP contribution in [0.15, 0.2) is 35.2 Å². The summed E-state index contributed by atoms with van der Waals surface area (Å²) in [5.41, 5.74) is 0.795. The van der Waals surface area contributed by atoms with E-state index in [4.69, 9.17) is 4.74 Å². The van der Waals surface area contributed by atoms with E-state index in [1.165, 1.54) is 19.5 Å². The fourth-order valence-corrected chi connectivity index (χ4v) is 2.76. The summed E-state index contributed by atoms with van der Waals surface area (Å²) in [4.78, 5) is 25.1. The molecule has 0 radical (unpaired) electrons. The van der Waals surface area contributed by atoms with E-state index in [0.29, 0.717) is 5.69 Å². The maximum absolute atomic E-state index is 12.7. The highest BCUT2D eigenvalue weighted by Gasteiger charge is 2.46. The normalized spacial score (nSPS) is 15.7. The van der Waals surface area contributed by atoms with Crippen LogP contribution in [0.1, 0.15) is 25.0 Å². The minimum atomic E-state index is -0.555. The molecule has 1 fully saturated rings. The van der Waals surface area contributed by atoms with Crippen LogP contribution in [0.2, 0.25) is 0 Å². The van der Waals surface area contributed by atoms with Crippen molar-refractivity contribution in [3.8, 4) is 6.01 Å². The van der Waals surface area contributed by atoms with Crippen LogP contribution in [-0.4, -0.2) is 28.0 Å². The van der Waals surface area contributed by atoms with Gasteiger partial charge in [-0.3, -0.25) is 9.78 Å². The van der Waals surface area contributed by atoms with Gasteiger partial charge in [0, 0.05) is 10.7 Å². The highest BCUT2D eigenvalue weighted by Crippen LogP contribution is 2.43. The molecule has 2 heterocycles. The Morgan fingerprint density at radius 3 is 2.45 bits per heavy atom. The number of hydrogen-bond acceptors (Lipinski definition) is 5. The number of amides is 1. The smallest absolute Gasteiger partial charge is 0.316 e. The van der Waals surface area contributed by atoms with E-state index in [1.807, 2.05) is 12.1 Å². The van der Waals surface area contributed by atoms with Crippen molar-refractivity contribution in [2.24, 2.45) is 0 Å². The molecule has 2 aromatic heterocycles. The number of halogens is 1. The number of nitrogens with one attached hydrogen (secondary N) is 1. The lowest BCUT2D eigenvalue weighted by molar-refractivity contribution is -0.124. The SMILES string of the molecule is COc1ncc(NC(=O)C2(c3ccc(Br)cn3)CCC2)cn1. The number of methoxy groups -OCH3 is 1. The number of ether oxygens (including phenoxy) is 1. The zero-order valence-corrected chi connectivity index (χ0v) is 13.6. The Morgan fingerprint density at radius 2 is 1.95 bits per heavy atom. The molecule has 114 valence electrons. The third-order valence-corrected chi connectivity index (χ3v) is 4.40. The first kappa shape index (κ1) is 14.9. The summed E-state index contributed by atoms with van der Waals surface area (Å²) in [6, 6.07) is 4.07. The van der Waals surface area contributed by atoms with Crippen LogP contribution in [0.3, 0.4) is 0 Å². The summed E-state index contributed by atoms with van der Waals surface area (Å²) in [5, 5.41) is 2.88. The van der Waals surface area contributed by atoms with Gasteiger partial charge < -0.3 is 10.1 Å². The molecule has 0 spiro atoms. The maximum Gasteiger partial charge on any atom is 0.316 e. The van der Waals surface area contributed by atoms with Gasteiger partial charge in [-0.25, -0.2) is 9.97 Å². The molecule has 1 N–H and O–H groups in total. The van der Waals surface area contributed by atoms with Gasteiger partial charge in [-0.2, -0.15) is 0 Å². The minimum absolute atomic E-state index is 0.0673. The lowest BCUT2D eigenvalue weighted by Crippen LogP contribution is -2.46. The molecule has 0 atom stereocenters. The highest BCUT2D eigenvalue weighted by molar-refractivity contribution is 9.10. The van der Waals surface area contributed by atoms with E-state index in [0.717, 1.165) is 29.4 Å². The highest BCUT2D eigenvalue weighted by atomic mass is 79.9. The summed E-state index contributed by atoms with van der Waals surface area (Å²) in [5.74, 6) is -0.0673. The van der Waals surface area contributed by atoms with Crippen molar-refractivity contribution < 1.29 is 9.53 Å². The summed E-state index contributed by atoms with van der Waals surface area (Å²) >= 11 is 3.37. The Morgan fingerprint density at radius 1 is 1.23 bits per heavy atom. The van der Waals surface area contributed by atoms with Crippen LogP contribution in [0.4, 0.5) is 5.69 Å². The number of pyridine rings is 1. The quantitative estimate of drug-likeness (QED) is 0.904. The average molecular weight is 363 g/mol. The summed E-state index contributed by atoms with van der Waals surface area (Å²) in [7, 11) is 1.50. The van der Waals surface area contributed by atoms with E-state index in [9.17, 15) is 4.79 Å². The molecule has 0 bridgehead atoms. The topological polar surface area (TPSA) is 77.0 Å².